The van der Waals surface area contributed by atoms with Crippen molar-refractivity contribution in [3.8, 4) is 0 Å². The average Bonchev–Trinajstić information content (AvgIpc) is 2.03. The Balaban J connectivity index is 3.02. The van der Waals surface area contributed by atoms with Crippen LogP contribution < -0.4 is 5.32 Å². The minimum Gasteiger partial charge on any atom is -0.357 e. The molecule has 0 radical (unpaired) electrons. The molecule has 60 valence electrons. The van der Waals surface area contributed by atoms with E-state index in [1.54, 1.807) is 11.8 Å². The van der Waals surface area contributed by atoms with Crippen molar-refractivity contribution in [3.63, 3.8) is 0 Å². The number of rotatable bonds is 2. The molecule has 0 aliphatic carbocycles. The highest BCUT2D eigenvalue weighted by Crippen LogP contribution is 2.13. The predicted octanol–water partition coefficient (Wildman–Crippen LogP) is 1.55. The molecule has 1 N–H and O–H groups in total. The highest BCUT2D eigenvalue weighted by Gasteiger charge is 1.97. The predicted molar refractivity (Wildman–Crippen MR) is 48.1 cm³/mol. The molecule has 0 aromatic carbocycles. The maximum atomic E-state index is 4.21. The van der Waals surface area contributed by atoms with Gasteiger partial charge in [-0.05, 0) is 19.2 Å². The maximum Gasteiger partial charge on any atom is 0.223 e. The summed E-state index contributed by atoms with van der Waals surface area (Å²) in [5.74, 6) is 0.689. The molecule has 0 saturated heterocycles. The second kappa shape index (κ2) is 3.57. The molecule has 1 rings (SSSR count). The quantitative estimate of drug-likeness (QED) is 0.538. The molecule has 0 atom stereocenters. The van der Waals surface area contributed by atoms with Crippen LogP contribution in [0.25, 0.3) is 0 Å². The van der Waals surface area contributed by atoms with Crippen LogP contribution in [0.15, 0.2) is 11.1 Å². The average molecular weight is 169 g/mol. The zero-order chi connectivity index (χ0) is 8.27. The Morgan fingerprint density at radius 1 is 1.45 bits per heavy atom. The van der Waals surface area contributed by atoms with Gasteiger partial charge < -0.3 is 5.32 Å². The van der Waals surface area contributed by atoms with E-state index in [1.165, 1.54) is 0 Å². The van der Waals surface area contributed by atoms with Gasteiger partial charge in [-0.2, -0.15) is 0 Å². The van der Waals surface area contributed by atoms with Crippen LogP contribution in [0.5, 0.6) is 0 Å². The summed E-state index contributed by atoms with van der Waals surface area (Å²) in [5.41, 5.74) is 0.994. The van der Waals surface area contributed by atoms with E-state index in [-0.39, 0.29) is 0 Å². The molecule has 0 bridgehead atoms. The van der Waals surface area contributed by atoms with Crippen molar-refractivity contribution in [1.29, 1.82) is 0 Å². The number of thioether (sulfide) groups is 1. The van der Waals surface area contributed by atoms with Gasteiger partial charge in [0.15, 0.2) is 0 Å². The summed E-state index contributed by atoms with van der Waals surface area (Å²) < 4.78 is 0. The van der Waals surface area contributed by atoms with Gasteiger partial charge in [0.1, 0.15) is 5.03 Å². The Morgan fingerprint density at radius 3 is 2.73 bits per heavy atom. The lowest BCUT2D eigenvalue weighted by Gasteiger charge is -2.01. The first-order valence-electron chi connectivity index (χ1n) is 3.33. The Morgan fingerprint density at radius 2 is 2.18 bits per heavy atom. The SMILES string of the molecule is CNc1nc(C)cc(SC)n1. The minimum absolute atomic E-state index is 0.689. The number of nitrogens with zero attached hydrogens (tertiary/aromatic N) is 2. The number of hydrogen-bond donors (Lipinski definition) is 1. The van der Waals surface area contributed by atoms with Crippen LogP contribution in [0.2, 0.25) is 0 Å². The summed E-state index contributed by atoms with van der Waals surface area (Å²) in [5, 5.41) is 3.91. The van der Waals surface area contributed by atoms with Crippen LogP contribution in [-0.2, 0) is 0 Å². The molecular formula is C7H11N3S. The van der Waals surface area contributed by atoms with Gasteiger partial charge >= 0.3 is 0 Å². The largest absolute Gasteiger partial charge is 0.357 e. The van der Waals surface area contributed by atoms with E-state index in [9.17, 15) is 0 Å². The van der Waals surface area contributed by atoms with Gasteiger partial charge in [0, 0.05) is 12.7 Å². The number of anilines is 1. The summed E-state index contributed by atoms with van der Waals surface area (Å²) in [6, 6.07) is 1.96. The highest BCUT2D eigenvalue weighted by atomic mass is 32.2. The summed E-state index contributed by atoms with van der Waals surface area (Å²) >= 11 is 1.62. The van der Waals surface area contributed by atoms with Crippen LogP contribution >= 0.6 is 11.8 Å². The smallest absolute Gasteiger partial charge is 0.223 e. The van der Waals surface area contributed by atoms with Crippen molar-refractivity contribution in [3.05, 3.63) is 11.8 Å². The minimum atomic E-state index is 0.689. The first kappa shape index (κ1) is 8.33. The third-order valence-electron chi connectivity index (χ3n) is 1.26. The van der Waals surface area contributed by atoms with E-state index in [0.717, 1.165) is 10.7 Å². The fourth-order valence-electron chi connectivity index (χ4n) is 0.756. The standard InChI is InChI=1S/C7H11N3S/c1-5-4-6(11-3)10-7(8-2)9-5/h4H,1-3H3,(H,8,9,10). The van der Waals surface area contributed by atoms with Crippen molar-refractivity contribution < 1.29 is 0 Å². The zero-order valence-corrected chi connectivity index (χ0v) is 7.70. The number of nitrogens with one attached hydrogen (secondary N) is 1. The van der Waals surface area contributed by atoms with E-state index in [1.807, 2.05) is 26.3 Å². The molecule has 0 amide bonds. The number of hydrogen-bond acceptors (Lipinski definition) is 4. The van der Waals surface area contributed by atoms with Gasteiger partial charge in [0.05, 0.1) is 0 Å². The molecule has 0 unspecified atom stereocenters. The van der Waals surface area contributed by atoms with E-state index in [0.29, 0.717) is 5.95 Å². The molecule has 0 saturated carbocycles. The number of aryl methyl sites for hydroxylation is 1. The molecule has 1 aromatic heterocycles. The molecule has 3 nitrogen and oxygen atoms in total. The molecule has 0 aliphatic heterocycles. The third kappa shape index (κ3) is 2.08. The van der Waals surface area contributed by atoms with Gasteiger partial charge in [-0.1, -0.05) is 0 Å². The molecule has 0 fully saturated rings. The van der Waals surface area contributed by atoms with Crippen LogP contribution in [0.4, 0.5) is 5.95 Å². The van der Waals surface area contributed by atoms with Gasteiger partial charge in [-0.15, -0.1) is 11.8 Å². The van der Waals surface area contributed by atoms with Crippen LogP contribution in [0, 0.1) is 6.92 Å². The lowest BCUT2D eigenvalue weighted by Crippen LogP contribution is -1.98. The van der Waals surface area contributed by atoms with Gasteiger partial charge in [0.25, 0.3) is 0 Å². The molecule has 4 heteroatoms. The topological polar surface area (TPSA) is 37.8 Å². The first-order valence-corrected chi connectivity index (χ1v) is 4.56. The Kier molecular flexibility index (Phi) is 2.70. The Hall–Kier alpha value is -0.770. The second-order valence-corrected chi connectivity index (χ2v) is 2.95. The van der Waals surface area contributed by atoms with Gasteiger partial charge in [0.2, 0.25) is 5.95 Å². The Bertz CT molecular complexity index is 227. The molecule has 11 heavy (non-hydrogen) atoms. The fourth-order valence-corrected chi connectivity index (χ4v) is 1.22. The van der Waals surface area contributed by atoms with E-state index in [2.05, 4.69) is 15.3 Å². The fraction of sp³-hybridized carbons (Fsp3) is 0.429. The second-order valence-electron chi connectivity index (χ2n) is 2.13. The van der Waals surface area contributed by atoms with E-state index < -0.39 is 0 Å². The monoisotopic (exact) mass is 169 g/mol. The van der Waals surface area contributed by atoms with Crippen LogP contribution in [0.3, 0.4) is 0 Å². The lowest BCUT2D eigenvalue weighted by molar-refractivity contribution is 1.01. The lowest BCUT2D eigenvalue weighted by atomic mass is 10.5. The molecular weight excluding hydrogens is 158 g/mol. The molecule has 1 heterocycles. The van der Waals surface area contributed by atoms with E-state index >= 15 is 0 Å². The third-order valence-corrected chi connectivity index (χ3v) is 1.89. The first-order chi connectivity index (χ1) is 5.26. The summed E-state index contributed by atoms with van der Waals surface area (Å²) in [4.78, 5) is 8.38. The van der Waals surface area contributed by atoms with Crippen molar-refractivity contribution in [2.45, 2.75) is 11.9 Å². The van der Waals surface area contributed by atoms with Crippen molar-refractivity contribution >= 4 is 17.7 Å². The molecule has 1 aromatic rings. The van der Waals surface area contributed by atoms with E-state index in [4.69, 9.17) is 0 Å². The summed E-state index contributed by atoms with van der Waals surface area (Å²) in [6.07, 6.45) is 2.00. The summed E-state index contributed by atoms with van der Waals surface area (Å²) in [6.45, 7) is 1.96. The van der Waals surface area contributed by atoms with Crippen molar-refractivity contribution in [1.82, 2.24) is 9.97 Å². The van der Waals surface area contributed by atoms with Crippen molar-refractivity contribution in [2.24, 2.45) is 0 Å². The molecule has 0 aliphatic rings. The van der Waals surface area contributed by atoms with Gasteiger partial charge in [-0.3, -0.25) is 0 Å². The normalized spacial score (nSPS) is 9.73. The summed E-state index contributed by atoms with van der Waals surface area (Å²) in [7, 11) is 1.82. The zero-order valence-electron chi connectivity index (χ0n) is 6.88. The number of aromatic nitrogens is 2. The van der Waals surface area contributed by atoms with Crippen molar-refractivity contribution in [2.75, 3.05) is 18.6 Å². The maximum absolute atomic E-state index is 4.21. The van der Waals surface area contributed by atoms with Crippen LogP contribution in [0.1, 0.15) is 5.69 Å². The molecule has 0 spiro atoms. The van der Waals surface area contributed by atoms with Crippen LogP contribution in [-0.4, -0.2) is 23.3 Å². The highest BCUT2D eigenvalue weighted by molar-refractivity contribution is 7.98. The Labute approximate surface area is 70.6 Å². The van der Waals surface area contributed by atoms with Gasteiger partial charge in [-0.25, -0.2) is 9.97 Å².